The summed E-state index contributed by atoms with van der Waals surface area (Å²) in [7, 11) is 0. The van der Waals surface area contributed by atoms with E-state index in [9.17, 15) is 9.59 Å². The van der Waals surface area contributed by atoms with Crippen molar-refractivity contribution in [3.8, 4) is 0 Å². The van der Waals surface area contributed by atoms with Gasteiger partial charge in [-0.2, -0.15) is 0 Å². The predicted molar refractivity (Wildman–Crippen MR) is 113 cm³/mol. The highest BCUT2D eigenvalue weighted by Gasteiger charge is 2.22. The van der Waals surface area contributed by atoms with Gasteiger partial charge in [-0.3, -0.25) is 9.59 Å². The van der Waals surface area contributed by atoms with Gasteiger partial charge in [-0.25, -0.2) is 0 Å². The van der Waals surface area contributed by atoms with Gasteiger partial charge in [0.15, 0.2) is 5.78 Å². The first kappa shape index (κ1) is 20.8. The molecule has 0 aromatic heterocycles. The van der Waals surface area contributed by atoms with Crippen molar-refractivity contribution in [1.82, 2.24) is 4.90 Å². The SMILES string of the molecule is CC(=O)C(CSCC(=O)N1CCN(c2cccc(Br)c2C)CC1)=C(C)N. The molecule has 26 heavy (non-hydrogen) atoms. The molecule has 1 aromatic carbocycles. The molecule has 0 aliphatic carbocycles. The third-order valence-electron chi connectivity index (χ3n) is 4.59. The number of halogens is 1. The first-order chi connectivity index (χ1) is 12.3. The van der Waals surface area contributed by atoms with Crippen LogP contribution in [0.3, 0.4) is 0 Å². The van der Waals surface area contributed by atoms with Crippen molar-refractivity contribution in [3.05, 3.63) is 39.5 Å². The van der Waals surface area contributed by atoms with Crippen molar-refractivity contribution in [2.75, 3.05) is 42.6 Å². The van der Waals surface area contributed by atoms with Crippen molar-refractivity contribution in [1.29, 1.82) is 0 Å². The summed E-state index contributed by atoms with van der Waals surface area (Å²) in [4.78, 5) is 28.2. The van der Waals surface area contributed by atoms with Crippen LogP contribution in [-0.2, 0) is 9.59 Å². The monoisotopic (exact) mass is 439 g/mol. The molecule has 2 N–H and O–H groups in total. The van der Waals surface area contributed by atoms with Gasteiger partial charge in [-0.05, 0) is 38.5 Å². The molecule has 1 saturated heterocycles. The Balaban J connectivity index is 1.84. The van der Waals surface area contributed by atoms with Gasteiger partial charge in [0.2, 0.25) is 5.91 Å². The number of carbonyl (C=O) groups is 2. The number of amides is 1. The van der Waals surface area contributed by atoms with Gasteiger partial charge in [-0.15, -0.1) is 11.8 Å². The smallest absolute Gasteiger partial charge is 0.232 e. The Hall–Kier alpha value is -1.47. The number of anilines is 1. The first-order valence-corrected chi connectivity index (χ1v) is 10.6. The number of ketones is 1. The van der Waals surface area contributed by atoms with E-state index in [-0.39, 0.29) is 11.7 Å². The number of thioether (sulfide) groups is 1. The summed E-state index contributed by atoms with van der Waals surface area (Å²) in [6, 6.07) is 6.21. The third kappa shape index (κ3) is 5.27. The Bertz CT molecular complexity index is 709. The highest BCUT2D eigenvalue weighted by atomic mass is 79.9. The first-order valence-electron chi connectivity index (χ1n) is 8.63. The average Bonchev–Trinajstić information content (AvgIpc) is 2.60. The van der Waals surface area contributed by atoms with Gasteiger partial charge in [-0.1, -0.05) is 22.0 Å². The number of hydrogen-bond acceptors (Lipinski definition) is 5. The molecule has 7 heteroatoms. The number of benzene rings is 1. The molecule has 1 heterocycles. The lowest BCUT2D eigenvalue weighted by Gasteiger charge is -2.37. The molecule has 0 atom stereocenters. The van der Waals surface area contributed by atoms with Crippen molar-refractivity contribution >= 4 is 45.1 Å². The standard InChI is InChI=1S/C19H26BrN3O2S/c1-13-17(20)5-4-6-18(13)22-7-9-23(10-8-22)19(25)12-26-11-16(14(2)21)15(3)24/h4-6H,7-12,21H2,1-3H3. The number of nitrogens with two attached hydrogens (primary N) is 1. The number of Topliss-reactive ketones (excluding diaryl/α,β-unsaturated/α-hetero) is 1. The average molecular weight is 440 g/mol. The zero-order valence-corrected chi connectivity index (χ0v) is 18.0. The number of allylic oxidation sites excluding steroid dienone is 1. The minimum Gasteiger partial charge on any atom is -0.402 e. The van der Waals surface area contributed by atoms with Gasteiger partial charge < -0.3 is 15.5 Å². The quantitative estimate of drug-likeness (QED) is 0.689. The topological polar surface area (TPSA) is 66.6 Å². The molecule has 0 unspecified atom stereocenters. The number of carbonyl (C=O) groups excluding carboxylic acids is 2. The molecule has 0 saturated carbocycles. The largest absolute Gasteiger partial charge is 0.402 e. The van der Waals surface area contributed by atoms with E-state index in [1.807, 2.05) is 17.0 Å². The summed E-state index contributed by atoms with van der Waals surface area (Å²) >= 11 is 5.03. The fourth-order valence-corrected chi connectivity index (χ4v) is 4.41. The predicted octanol–water partition coefficient (Wildman–Crippen LogP) is 2.96. The minimum atomic E-state index is -0.0250. The van der Waals surface area contributed by atoms with Crippen LogP contribution in [0.4, 0.5) is 5.69 Å². The maximum absolute atomic E-state index is 12.4. The van der Waals surface area contributed by atoms with E-state index >= 15 is 0 Å². The van der Waals surface area contributed by atoms with E-state index in [2.05, 4.69) is 33.8 Å². The maximum atomic E-state index is 12.4. The van der Waals surface area contributed by atoms with E-state index in [1.165, 1.54) is 29.9 Å². The van der Waals surface area contributed by atoms with E-state index in [4.69, 9.17) is 5.73 Å². The van der Waals surface area contributed by atoms with E-state index in [0.717, 1.165) is 30.7 Å². The molecule has 1 fully saturated rings. The lowest BCUT2D eigenvalue weighted by Crippen LogP contribution is -2.49. The molecule has 1 aromatic rings. The molecular formula is C19H26BrN3O2S. The Morgan fingerprint density at radius 1 is 1.15 bits per heavy atom. The van der Waals surface area contributed by atoms with Crippen LogP contribution in [0.5, 0.6) is 0 Å². The van der Waals surface area contributed by atoms with Gasteiger partial charge in [0, 0.05) is 53.4 Å². The van der Waals surface area contributed by atoms with Crippen LogP contribution in [0.2, 0.25) is 0 Å². The number of rotatable bonds is 6. The molecule has 1 aliphatic rings. The van der Waals surface area contributed by atoms with E-state index < -0.39 is 0 Å². The van der Waals surface area contributed by atoms with Gasteiger partial charge >= 0.3 is 0 Å². The molecule has 1 aliphatic heterocycles. The minimum absolute atomic E-state index is 0.0250. The molecule has 0 radical (unpaired) electrons. The fraction of sp³-hybridized carbons (Fsp3) is 0.474. The molecule has 5 nitrogen and oxygen atoms in total. The Labute approximate surface area is 168 Å². The van der Waals surface area contributed by atoms with Crippen molar-refractivity contribution in [2.24, 2.45) is 5.73 Å². The molecule has 0 spiro atoms. The molecule has 2 rings (SSSR count). The third-order valence-corrected chi connectivity index (χ3v) is 6.39. The zero-order valence-electron chi connectivity index (χ0n) is 15.5. The van der Waals surface area contributed by atoms with Crippen LogP contribution in [0.25, 0.3) is 0 Å². The van der Waals surface area contributed by atoms with Crippen LogP contribution in [0, 0.1) is 6.92 Å². The second-order valence-electron chi connectivity index (χ2n) is 6.46. The zero-order chi connectivity index (χ0) is 19.3. The van der Waals surface area contributed by atoms with Crippen LogP contribution in [0.1, 0.15) is 19.4 Å². The summed E-state index contributed by atoms with van der Waals surface area (Å²) in [5, 5.41) is 0. The highest BCUT2D eigenvalue weighted by Crippen LogP contribution is 2.27. The summed E-state index contributed by atoms with van der Waals surface area (Å²) in [5.74, 6) is 0.960. The van der Waals surface area contributed by atoms with E-state index in [1.54, 1.807) is 6.92 Å². The van der Waals surface area contributed by atoms with Gasteiger partial charge in [0.25, 0.3) is 0 Å². The van der Waals surface area contributed by atoms with Crippen LogP contribution in [-0.4, -0.2) is 54.3 Å². The molecule has 1 amide bonds. The summed E-state index contributed by atoms with van der Waals surface area (Å²) in [5.41, 5.74) is 9.32. The van der Waals surface area contributed by atoms with Crippen LogP contribution >= 0.6 is 27.7 Å². The summed E-state index contributed by atoms with van der Waals surface area (Å²) in [6.45, 7) is 8.43. The number of hydrogen-bond donors (Lipinski definition) is 1. The fourth-order valence-electron chi connectivity index (χ4n) is 2.96. The molecule has 0 bridgehead atoms. The van der Waals surface area contributed by atoms with Crippen molar-refractivity contribution < 1.29 is 9.59 Å². The van der Waals surface area contributed by atoms with Crippen molar-refractivity contribution in [2.45, 2.75) is 20.8 Å². The summed E-state index contributed by atoms with van der Waals surface area (Å²) < 4.78 is 1.11. The normalized spacial score (nSPS) is 15.7. The lowest BCUT2D eigenvalue weighted by atomic mass is 10.1. The Morgan fingerprint density at radius 3 is 2.38 bits per heavy atom. The van der Waals surface area contributed by atoms with Crippen molar-refractivity contribution in [3.63, 3.8) is 0 Å². The second-order valence-corrected chi connectivity index (χ2v) is 8.30. The lowest BCUT2D eigenvalue weighted by molar-refractivity contribution is -0.128. The summed E-state index contributed by atoms with van der Waals surface area (Å²) in [6.07, 6.45) is 0. The Kier molecular flexibility index (Phi) is 7.58. The Morgan fingerprint density at radius 2 is 1.81 bits per heavy atom. The number of nitrogens with zero attached hydrogens (tertiary/aromatic N) is 2. The second kappa shape index (κ2) is 9.46. The van der Waals surface area contributed by atoms with Crippen LogP contribution < -0.4 is 10.6 Å². The van der Waals surface area contributed by atoms with Gasteiger partial charge in [0.05, 0.1) is 5.75 Å². The number of piperazine rings is 1. The van der Waals surface area contributed by atoms with E-state index in [0.29, 0.717) is 22.8 Å². The van der Waals surface area contributed by atoms with Gasteiger partial charge in [0.1, 0.15) is 0 Å². The molecular weight excluding hydrogens is 414 g/mol. The maximum Gasteiger partial charge on any atom is 0.232 e. The highest BCUT2D eigenvalue weighted by molar-refractivity contribution is 9.10. The van der Waals surface area contributed by atoms with Crippen LogP contribution in [0.15, 0.2) is 33.9 Å². The molecule has 142 valence electrons.